The number of aromatic nitrogens is 2. The van der Waals surface area contributed by atoms with Gasteiger partial charge in [0.2, 0.25) is 5.91 Å². The lowest BCUT2D eigenvalue weighted by Crippen LogP contribution is -2.33. The van der Waals surface area contributed by atoms with Crippen molar-refractivity contribution < 1.29 is 14.4 Å². The number of aryl methyl sites for hydroxylation is 1. The van der Waals surface area contributed by atoms with Crippen LogP contribution in [0.25, 0.3) is 0 Å². The normalized spacial score (nSPS) is 13.2. The molecule has 0 saturated carbocycles. The van der Waals surface area contributed by atoms with Gasteiger partial charge in [0.05, 0.1) is 12.6 Å². The molecule has 1 aromatic heterocycles. The van der Waals surface area contributed by atoms with Crippen molar-refractivity contribution in [2.24, 2.45) is 5.10 Å². The second kappa shape index (κ2) is 9.54. The van der Waals surface area contributed by atoms with E-state index in [1.165, 1.54) is 36.1 Å². The van der Waals surface area contributed by atoms with E-state index in [-0.39, 0.29) is 18.1 Å². The Balaban J connectivity index is 1.51. The Bertz CT molecular complexity index is 942. The molecule has 0 aliphatic heterocycles. The number of rotatable bonds is 5. The Labute approximate surface area is 168 Å². The summed E-state index contributed by atoms with van der Waals surface area (Å²) in [6.07, 6.45) is 8.40. The van der Waals surface area contributed by atoms with E-state index >= 15 is 0 Å². The van der Waals surface area contributed by atoms with E-state index in [0.717, 1.165) is 24.9 Å². The summed E-state index contributed by atoms with van der Waals surface area (Å²) in [6.45, 7) is 1.60. The third-order valence-electron chi connectivity index (χ3n) is 4.45. The molecular formula is C20H22N6O3. The zero-order valence-electron chi connectivity index (χ0n) is 16.1. The van der Waals surface area contributed by atoms with Crippen LogP contribution >= 0.6 is 0 Å². The zero-order chi connectivity index (χ0) is 20.6. The SMILES string of the molecule is C/C(CC(=O)Nc1cccc2c1CCCC2)=N/NC(=O)C(=O)Nc1cnccn1. The van der Waals surface area contributed by atoms with Crippen LogP contribution in [0.3, 0.4) is 0 Å². The predicted molar refractivity (Wildman–Crippen MR) is 108 cm³/mol. The largest absolute Gasteiger partial charge is 0.329 e. The van der Waals surface area contributed by atoms with Crippen molar-refractivity contribution in [2.45, 2.75) is 39.0 Å². The average Bonchev–Trinajstić information content (AvgIpc) is 2.73. The summed E-state index contributed by atoms with van der Waals surface area (Å²) in [5.74, 6) is -1.97. The highest BCUT2D eigenvalue weighted by molar-refractivity contribution is 6.39. The lowest BCUT2D eigenvalue weighted by atomic mass is 9.90. The van der Waals surface area contributed by atoms with Gasteiger partial charge in [0.1, 0.15) is 0 Å². The number of fused-ring (bicyclic) bond motifs is 1. The lowest BCUT2D eigenvalue weighted by molar-refractivity contribution is -0.136. The van der Waals surface area contributed by atoms with Crippen molar-refractivity contribution in [3.8, 4) is 0 Å². The van der Waals surface area contributed by atoms with Gasteiger partial charge in [-0.25, -0.2) is 10.4 Å². The van der Waals surface area contributed by atoms with E-state index in [1.807, 2.05) is 12.1 Å². The molecule has 1 heterocycles. The summed E-state index contributed by atoms with van der Waals surface area (Å²) < 4.78 is 0. The lowest BCUT2D eigenvalue weighted by Gasteiger charge is -2.19. The monoisotopic (exact) mass is 394 g/mol. The number of amides is 3. The number of carbonyl (C=O) groups excluding carboxylic acids is 3. The van der Waals surface area contributed by atoms with Crippen LogP contribution in [0.4, 0.5) is 11.5 Å². The number of benzene rings is 1. The summed E-state index contributed by atoms with van der Waals surface area (Å²) in [5.41, 5.74) is 5.79. The Morgan fingerprint density at radius 2 is 1.90 bits per heavy atom. The number of hydrazone groups is 1. The van der Waals surface area contributed by atoms with Crippen LogP contribution in [0.1, 0.15) is 37.3 Å². The topological polar surface area (TPSA) is 125 Å². The molecule has 9 heteroatoms. The minimum absolute atomic E-state index is 0.00424. The standard InChI is InChI=1S/C20H22N6O3/c1-13(25-26-20(29)19(28)24-17-12-21-9-10-22-17)11-18(27)23-16-8-4-6-14-5-2-3-7-15(14)16/h4,6,8-10,12H,2-3,5,7,11H2,1H3,(H,23,27)(H,26,29)(H,22,24,28)/b25-13-. The summed E-state index contributed by atoms with van der Waals surface area (Å²) >= 11 is 0. The Morgan fingerprint density at radius 1 is 1.07 bits per heavy atom. The van der Waals surface area contributed by atoms with E-state index in [9.17, 15) is 14.4 Å². The molecule has 0 radical (unpaired) electrons. The van der Waals surface area contributed by atoms with Crippen LogP contribution in [0.5, 0.6) is 0 Å². The van der Waals surface area contributed by atoms with Crippen LogP contribution in [0.15, 0.2) is 41.9 Å². The highest BCUT2D eigenvalue weighted by Crippen LogP contribution is 2.27. The van der Waals surface area contributed by atoms with Crippen molar-refractivity contribution >= 4 is 34.9 Å². The maximum Gasteiger partial charge on any atom is 0.329 e. The third kappa shape index (κ3) is 5.68. The number of carbonyl (C=O) groups is 3. The smallest absolute Gasteiger partial charge is 0.325 e. The first-order valence-electron chi connectivity index (χ1n) is 9.34. The molecule has 0 atom stereocenters. The molecule has 1 aliphatic rings. The van der Waals surface area contributed by atoms with Gasteiger partial charge in [-0.05, 0) is 49.8 Å². The molecule has 3 amide bonds. The fourth-order valence-corrected chi connectivity index (χ4v) is 3.10. The highest BCUT2D eigenvalue weighted by atomic mass is 16.2. The van der Waals surface area contributed by atoms with E-state index in [2.05, 4.69) is 37.2 Å². The second-order valence-electron chi connectivity index (χ2n) is 6.71. The van der Waals surface area contributed by atoms with Gasteiger partial charge in [0.25, 0.3) is 0 Å². The molecule has 29 heavy (non-hydrogen) atoms. The van der Waals surface area contributed by atoms with Crippen LogP contribution in [0, 0.1) is 0 Å². The van der Waals surface area contributed by atoms with Crippen LogP contribution < -0.4 is 16.1 Å². The van der Waals surface area contributed by atoms with E-state index in [4.69, 9.17) is 0 Å². The summed E-state index contributed by atoms with van der Waals surface area (Å²) in [4.78, 5) is 43.6. The van der Waals surface area contributed by atoms with Gasteiger partial charge in [-0.1, -0.05) is 12.1 Å². The van der Waals surface area contributed by atoms with Crippen LogP contribution in [-0.2, 0) is 27.2 Å². The molecule has 150 valence electrons. The Morgan fingerprint density at radius 3 is 2.69 bits per heavy atom. The Hall–Kier alpha value is -3.62. The first-order valence-corrected chi connectivity index (χ1v) is 9.34. The molecule has 0 fully saturated rings. The van der Waals surface area contributed by atoms with Gasteiger partial charge < -0.3 is 10.6 Å². The fourth-order valence-electron chi connectivity index (χ4n) is 3.10. The van der Waals surface area contributed by atoms with Crippen LogP contribution in [0.2, 0.25) is 0 Å². The molecular weight excluding hydrogens is 372 g/mol. The van der Waals surface area contributed by atoms with E-state index in [0.29, 0.717) is 5.71 Å². The molecule has 9 nitrogen and oxygen atoms in total. The maximum atomic E-state index is 12.3. The van der Waals surface area contributed by atoms with Gasteiger partial charge in [-0.15, -0.1) is 0 Å². The van der Waals surface area contributed by atoms with E-state index < -0.39 is 11.8 Å². The molecule has 3 N–H and O–H groups in total. The van der Waals surface area contributed by atoms with Crippen molar-refractivity contribution in [3.63, 3.8) is 0 Å². The third-order valence-corrected chi connectivity index (χ3v) is 4.45. The average molecular weight is 394 g/mol. The van der Waals surface area contributed by atoms with Gasteiger partial charge >= 0.3 is 11.8 Å². The molecule has 0 saturated heterocycles. The Kier molecular flexibility index (Phi) is 6.62. The minimum Gasteiger partial charge on any atom is -0.325 e. The van der Waals surface area contributed by atoms with Gasteiger partial charge in [-0.2, -0.15) is 5.10 Å². The van der Waals surface area contributed by atoms with Crippen LogP contribution in [-0.4, -0.2) is 33.4 Å². The van der Waals surface area contributed by atoms with Gasteiger partial charge in [0.15, 0.2) is 5.82 Å². The minimum atomic E-state index is -0.965. The first-order chi connectivity index (χ1) is 14.0. The van der Waals surface area contributed by atoms with Crippen molar-refractivity contribution in [1.82, 2.24) is 15.4 Å². The molecule has 3 rings (SSSR count). The van der Waals surface area contributed by atoms with Gasteiger partial charge in [0, 0.05) is 23.8 Å². The number of nitrogens with zero attached hydrogens (tertiary/aromatic N) is 3. The van der Waals surface area contributed by atoms with E-state index in [1.54, 1.807) is 6.92 Å². The van der Waals surface area contributed by atoms with Crippen molar-refractivity contribution in [1.29, 1.82) is 0 Å². The number of hydrogen-bond donors (Lipinski definition) is 3. The fraction of sp³-hybridized carbons (Fsp3) is 0.300. The number of hydrogen-bond acceptors (Lipinski definition) is 6. The number of nitrogens with one attached hydrogen (secondary N) is 3. The second-order valence-corrected chi connectivity index (χ2v) is 6.71. The molecule has 1 aromatic carbocycles. The molecule has 2 aromatic rings. The number of anilines is 2. The van der Waals surface area contributed by atoms with Crippen molar-refractivity contribution in [3.05, 3.63) is 47.9 Å². The van der Waals surface area contributed by atoms with Crippen molar-refractivity contribution in [2.75, 3.05) is 10.6 Å². The quantitative estimate of drug-likeness (QED) is 0.405. The zero-order valence-corrected chi connectivity index (χ0v) is 16.1. The summed E-state index contributed by atoms with van der Waals surface area (Å²) in [5, 5.41) is 9.03. The predicted octanol–water partition coefficient (Wildman–Crippen LogP) is 1.81. The summed E-state index contributed by atoms with van der Waals surface area (Å²) in [7, 11) is 0. The molecule has 0 spiro atoms. The maximum absolute atomic E-state index is 12.3. The van der Waals surface area contributed by atoms with Gasteiger partial charge in [-0.3, -0.25) is 19.4 Å². The first kappa shape index (κ1) is 20.1. The molecule has 0 unspecified atom stereocenters. The molecule has 0 bridgehead atoms. The highest BCUT2D eigenvalue weighted by Gasteiger charge is 2.16. The summed E-state index contributed by atoms with van der Waals surface area (Å²) in [6, 6.07) is 5.93. The molecule has 1 aliphatic carbocycles.